The zero-order chi connectivity index (χ0) is 21.0. The van der Waals surface area contributed by atoms with Crippen LogP contribution in [0.1, 0.15) is 20.3 Å². The van der Waals surface area contributed by atoms with Gasteiger partial charge in [-0.1, -0.05) is 6.07 Å². The number of ether oxygens (including phenoxy) is 3. The fourth-order valence-electron chi connectivity index (χ4n) is 3.04. The summed E-state index contributed by atoms with van der Waals surface area (Å²) in [6.45, 7) is 10.0. The Morgan fingerprint density at radius 2 is 2.03 bits per heavy atom. The number of guanidine groups is 1. The molecule has 0 amide bonds. The highest BCUT2D eigenvalue weighted by atomic mass is 16.5. The van der Waals surface area contributed by atoms with E-state index in [2.05, 4.69) is 20.5 Å². The zero-order valence-electron chi connectivity index (χ0n) is 17.9. The van der Waals surface area contributed by atoms with Gasteiger partial charge in [0, 0.05) is 38.8 Å². The zero-order valence-corrected chi connectivity index (χ0v) is 17.9. The van der Waals surface area contributed by atoms with E-state index in [0.29, 0.717) is 25.7 Å². The van der Waals surface area contributed by atoms with E-state index in [4.69, 9.17) is 14.2 Å². The molecule has 0 aliphatic carbocycles. The molecule has 1 atom stereocenters. The van der Waals surface area contributed by atoms with Crippen LogP contribution in [0.5, 0.6) is 11.5 Å². The van der Waals surface area contributed by atoms with Gasteiger partial charge in [-0.25, -0.2) is 0 Å². The van der Waals surface area contributed by atoms with Crippen LogP contribution in [-0.2, 0) is 4.74 Å². The molecule has 1 saturated heterocycles. The van der Waals surface area contributed by atoms with E-state index in [1.165, 1.54) is 0 Å². The molecule has 1 aromatic carbocycles. The molecule has 1 fully saturated rings. The lowest BCUT2D eigenvalue weighted by Crippen LogP contribution is -2.48. The first-order valence-electron chi connectivity index (χ1n) is 10.3. The summed E-state index contributed by atoms with van der Waals surface area (Å²) in [7, 11) is 1.64. The largest absolute Gasteiger partial charge is 0.497 e. The van der Waals surface area contributed by atoms with Crippen LogP contribution in [0.2, 0.25) is 0 Å². The molecule has 3 N–H and O–H groups in total. The predicted octanol–water partition coefficient (Wildman–Crippen LogP) is 1.10. The van der Waals surface area contributed by atoms with E-state index in [1.807, 2.05) is 38.1 Å². The van der Waals surface area contributed by atoms with Gasteiger partial charge in [-0.15, -0.1) is 0 Å². The van der Waals surface area contributed by atoms with Crippen LogP contribution >= 0.6 is 0 Å². The van der Waals surface area contributed by atoms with E-state index in [-0.39, 0.29) is 0 Å². The summed E-state index contributed by atoms with van der Waals surface area (Å²) in [5, 5.41) is 17.2. The maximum absolute atomic E-state index is 10.7. The second-order valence-electron chi connectivity index (χ2n) is 7.39. The van der Waals surface area contributed by atoms with E-state index in [9.17, 15) is 5.11 Å². The van der Waals surface area contributed by atoms with Crippen molar-refractivity contribution in [3.8, 4) is 11.5 Å². The predicted molar refractivity (Wildman–Crippen MR) is 115 cm³/mol. The van der Waals surface area contributed by atoms with Crippen LogP contribution in [0, 0.1) is 0 Å². The number of hydrogen-bond donors (Lipinski definition) is 3. The third kappa shape index (κ3) is 9.34. The summed E-state index contributed by atoms with van der Waals surface area (Å²) in [6.07, 6.45) is 0.825. The summed E-state index contributed by atoms with van der Waals surface area (Å²) < 4.78 is 16.3. The van der Waals surface area contributed by atoms with Gasteiger partial charge in [-0.2, -0.15) is 0 Å². The summed E-state index contributed by atoms with van der Waals surface area (Å²) in [5.74, 6) is 2.28. The smallest absolute Gasteiger partial charge is 0.191 e. The average molecular weight is 409 g/mol. The molecule has 1 aliphatic rings. The highest BCUT2D eigenvalue weighted by Crippen LogP contribution is 2.18. The molecule has 1 unspecified atom stereocenters. The van der Waals surface area contributed by atoms with Crippen molar-refractivity contribution in [3.63, 3.8) is 0 Å². The Labute approximate surface area is 174 Å². The maximum atomic E-state index is 10.7. The summed E-state index contributed by atoms with van der Waals surface area (Å²) in [6, 6.07) is 7.58. The third-order valence-corrected chi connectivity index (χ3v) is 4.51. The number of methoxy groups -OCH3 is 1. The van der Waals surface area contributed by atoms with Gasteiger partial charge in [0.25, 0.3) is 0 Å². The Bertz CT molecular complexity index is 618. The highest BCUT2D eigenvalue weighted by molar-refractivity contribution is 5.79. The molecular weight excluding hydrogens is 372 g/mol. The van der Waals surface area contributed by atoms with Crippen molar-refractivity contribution >= 4 is 5.96 Å². The Kier molecular flexibility index (Phi) is 10.0. The molecular formula is C21H36N4O4. The Morgan fingerprint density at radius 3 is 2.76 bits per heavy atom. The van der Waals surface area contributed by atoms with E-state index >= 15 is 0 Å². The molecule has 29 heavy (non-hydrogen) atoms. The molecule has 8 nitrogen and oxygen atoms in total. The van der Waals surface area contributed by atoms with Crippen molar-refractivity contribution in [2.24, 2.45) is 4.99 Å². The second-order valence-corrected chi connectivity index (χ2v) is 7.39. The Balaban J connectivity index is 1.71. The Hall–Kier alpha value is -2.03. The molecule has 164 valence electrons. The number of rotatable bonds is 11. The summed E-state index contributed by atoms with van der Waals surface area (Å²) >= 11 is 0. The van der Waals surface area contributed by atoms with Gasteiger partial charge >= 0.3 is 0 Å². The number of nitrogens with one attached hydrogen (secondary N) is 2. The molecule has 1 aliphatic heterocycles. The van der Waals surface area contributed by atoms with Crippen molar-refractivity contribution in [1.29, 1.82) is 0 Å². The van der Waals surface area contributed by atoms with Crippen LogP contribution in [0.15, 0.2) is 29.3 Å². The molecule has 0 aromatic heterocycles. The van der Waals surface area contributed by atoms with E-state index < -0.39 is 5.60 Å². The van der Waals surface area contributed by atoms with Crippen molar-refractivity contribution in [3.05, 3.63) is 24.3 Å². The van der Waals surface area contributed by atoms with Gasteiger partial charge in [-0.3, -0.25) is 9.89 Å². The monoisotopic (exact) mass is 408 g/mol. The maximum Gasteiger partial charge on any atom is 0.191 e. The molecule has 0 spiro atoms. The highest BCUT2D eigenvalue weighted by Gasteiger charge is 2.25. The lowest BCUT2D eigenvalue weighted by Gasteiger charge is -2.33. The standard InChI is InChI=1S/C21H36N4O4/c1-4-22-20(24-16-21(2,26)17-25-10-13-28-14-11-25)23-9-6-12-29-19-8-5-7-18(15-19)27-3/h5,7-8,15,26H,4,6,9-14,16-17H2,1-3H3,(H2,22,23,24). The Morgan fingerprint density at radius 1 is 1.28 bits per heavy atom. The first kappa shape index (κ1) is 23.3. The van der Waals surface area contributed by atoms with Crippen molar-refractivity contribution in [2.45, 2.75) is 25.9 Å². The minimum absolute atomic E-state index is 0.333. The summed E-state index contributed by atoms with van der Waals surface area (Å²) in [4.78, 5) is 6.78. The minimum atomic E-state index is -0.880. The normalized spacial score (nSPS) is 17.4. The molecule has 1 heterocycles. The summed E-state index contributed by atoms with van der Waals surface area (Å²) in [5.41, 5.74) is -0.880. The fourth-order valence-corrected chi connectivity index (χ4v) is 3.04. The number of nitrogens with zero attached hydrogens (tertiary/aromatic N) is 2. The van der Waals surface area contributed by atoms with Crippen molar-refractivity contribution < 1.29 is 19.3 Å². The fraction of sp³-hybridized carbons (Fsp3) is 0.667. The number of aliphatic hydroxyl groups is 1. The van der Waals surface area contributed by atoms with Gasteiger partial charge in [0.2, 0.25) is 0 Å². The van der Waals surface area contributed by atoms with Crippen molar-refractivity contribution in [2.75, 3.05) is 66.2 Å². The first-order valence-corrected chi connectivity index (χ1v) is 10.3. The van der Waals surface area contributed by atoms with Crippen LogP contribution in [-0.4, -0.2) is 87.8 Å². The van der Waals surface area contributed by atoms with Gasteiger partial charge in [0.15, 0.2) is 5.96 Å². The van der Waals surface area contributed by atoms with Gasteiger partial charge in [0.05, 0.1) is 39.1 Å². The van der Waals surface area contributed by atoms with E-state index in [0.717, 1.165) is 57.3 Å². The van der Waals surface area contributed by atoms with E-state index in [1.54, 1.807) is 7.11 Å². The molecule has 2 rings (SSSR count). The lowest BCUT2D eigenvalue weighted by atomic mass is 10.1. The topological polar surface area (TPSA) is 87.6 Å². The number of hydrogen-bond acceptors (Lipinski definition) is 6. The first-order chi connectivity index (χ1) is 14.0. The number of benzene rings is 1. The minimum Gasteiger partial charge on any atom is -0.497 e. The second kappa shape index (κ2) is 12.5. The van der Waals surface area contributed by atoms with Crippen LogP contribution in [0.4, 0.5) is 0 Å². The molecule has 0 bridgehead atoms. The van der Waals surface area contributed by atoms with Crippen LogP contribution in [0.25, 0.3) is 0 Å². The third-order valence-electron chi connectivity index (χ3n) is 4.51. The molecule has 1 aromatic rings. The molecule has 0 radical (unpaired) electrons. The van der Waals surface area contributed by atoms with Crippen LogP contribution < -0.4 is 20.1 Å². The molecule has 0 saturated carbocycles. The van der Waals surface area contributed by atoms with Crippen molar-refractivity contribution in [1.82, 2.24) is 15.5 Å². The number of aliphatic imine (C=N–C) groups is 1. The number of β-amino-alcohol motifs (C(OH)–C–C–N with tert-alkyl or cyclic N) is 1. The quantitative estimate of drug-likeness (QED) is 0.287. The molecule has 8 heteroatoms. The number of morpholine rings is 1. The SMILES string of the molecule is CCNC(=NCC(C)(O)CN1CCOCC1)NCCCOc1cccc(OC)c1. The van der Waals surface area contributed by atoms with Gasteiger partial charge < -0.3 is 30.0 Å². The van der Waals surface area contributed by atoms with Gasteiger partial charge in [0.1, 0.15) is 11.5 Å². The average Bonchev–Trinajstić information content (AvgIpc) is 2.72. The van der Waals surface area contributed by atoms with Gasteiger partial charge in [-0.05, 0) is 32.4 Å². The lowest BCUT2D eigenvalue weighted by molar-refractivity contribution is -0.0180. The van der Waals surface area contributed by atoms with Crippen LogP contribution in [0.3, 0.4) is 0 Å².